The summed E-state index contributed by atoms with van der Waals surface area (Å²) in [4.78, 5) is 78.3. The first-order chi connectivity index (χ1) is 30.2. The van der Waals surface area contributed by atoms with Gasteiger partial charge in [0.15, 0.2) is 11.6 Å². The van der Waals surface area contributed by atoms with Crippen molar-refractivity contribution >= 4 is 162 Å². The molecular weight excluding hydrogens is 996 g/mol. The third kappa shape index (κ3) is 11.6. The highest BCUT2D eigenvalue weighted by Gasteiger charge is 2.27. The van der Waals surface area contributed by atoms with E-state index < -0.39 is 47.3 Å². The number of hydrogen-bond acceptors (Lipinski definition) is 10. The summed E-state index contributed by atoms with van der Waals surface area (Å²) in [6, 6.07) is 14.1. The Hall–Kier alpha value is -5.16. The Morgan fingerprint density at radius 3 is 1.12 bits per heavy atom. The van der Waals surface area contributed by atoms with Crippen LogP contribution in [0.1, 0.15) is 45.7 Å². The number of nitrogens with zero attached hydrogens (tertiary/aromatic N) is 4. The Bertz CT molecular complexity index is 2630. The van der Waals surface area contributed by atoms with Crippen LogP contribution in [0.15, 0.2) is 93.3 Å². The van der Waals surface area contributed by atoms with Gasteiger partial charge in [-0.1, -0.05) is 105 Å². The van der Waals surface area contributed by atoms with Crippen molar-refractivity contribution in [3.05, 3.63) is 135 Å². The maximum atomic E-state index is 13.4. The quantitative estimate of drug-likeness (QED) is 0.0484. The van der Waals surface area contributed by atoms with E-state index >= 15 is 0 Å². The normalized spacial score (nSPS) is 12.2. The van der Waals surface area contributed by atoms with Crippen molar-refractivity contribution in [1.82, 2.24) is 0 Å². The van der Waals surface area contributed by atoms with E-state index in [9.17, 15) is 28.8 Å². The van der Waals surface area contributed by atoms with E-state index in [0.29, 0.717) is 11.1 Å². The van der Waals surface area contributed by atoms with Gasteiger partial charge in [-0.2, -0.15) is 20.5 Å². The van der Waals surface area contributed by atoms with Crippen molar-refractivity contribution in [3.8, 4) is 0 Å². The SMILES string of the molecule is CC(=O)C(N=Nc1cccc(C(=O)Nc2ccc(Cl)c(Cl)c2Cl)c1Cl)C(=O)Nc1ccc(NC(=O)C(N=Nc2cccc(C(=O)Nc3ccc(Cl)c(Cl)c3Cl)c2Cl)C(C)=O)c(C)c1C. The molecule has 2 atom stereocenters. The van der Waals surface area contributed by atoms with Crippen LogP contribution in [0.4, 0.5) is 34.1 Å². The van der Waals surface area contributed by atoms with Gasteiger partial charge in [-0.15, -0.1) is 0 Å². The van der Waals surface area contributed by atoms with E-state index in [1.807, 2.05) is 0 Å². The Labute approximate surface area is 405 Å². The molecule has 22 heteroatoms. The lowest BCUT2D eigenvalue weighted by molar-refractivity contribution is -0.127. The molecule has 0 aromatic heterocycles. The zero-order valence-electron chi connectivity index (χ0n) is 33.3. The van der Waals surface area contributed by atoms with Gasteiger partial charge >= 0.3 is 0 Å². The van der Waals surface area contributed by atoms with Gasteiger partial charge in [-0.3, -0.25) is 28.8 Å². The van der Waals surface area contributed by atoms with E-state index in [2.05, 4.69) is 41.7 Å². The minimum absolute atomic E-state index is 0.0141. The minimum Gasteiger partial charge on any atom is -0.324 e. The highest BCUT2D eigenvalue weighted by molar-refractivity contribution is 6.50. The van der Waals surface area contributed by atoms with E-state index in [-0.39, 0.29) is 85.4 Å². The topological polar surface area (TPSA) is 200 Å². The monoisotopic (exact) mass is 1020 g/mol. The van der Waals surface area contributed by atoms with Crippen LogP contribution < -0.4 is 21.3 Å². The average Bonchev–Trinajstić information content (AvgIpc) is 3.24. The fourth-order valence-corrected chi connectivity index (χ4v) is 7.20. The lowest BCUT2D eigenvalue weighted by atomic mass is 10.0. The number of halogens is 8. The lowest BCUT2D eigenvalue weighted by Crippen LogP contribution is -2.33. The van der Waals surface area contributed by atoms with Gasteiger partial charge < -0.3 is 21.3 Å². The standard InChI is InChI=1S/C42H30Cl8N8O6/c1-17-18(2)26(52-42(64)38(20(4)60)58-56-30-10-6-8-22(32(30)46)40(62)54-28-14-12-24(44)34(48)36(28)50)16-15-25(17)51-41(63)37(19(3)59)57-55-29-9-5-7-21(31(29)45)39(61)53-27-13-11-23(43)33(47)35(27)49/h5-16,37-38H,1-4H3,(H,51,63)(H,52,64)(H,53,61)(H,54,62). The van der Waals surface area contributed by atoms with Crippen LogP contribution in [0.5, 0.6) is 0 Å². The van der Waals surface area contributed by atoms with Gasteiger partial charge in [0.2, 0.25) is 12.1 Å². The summed E-state index contributed by atoms with van der Waals surface area (Å²) in [5, 5.41) is 26.6. The number of Topliss-reactive ketones (excluding diaryl/α,β-unsaturated/α-hetero) is 2. The third-order valence-electron chi connectivity index (χ3n) is 9.14. The molecule has 0 aliphatic heterocycles. The molecule has 4 N–H and O–H groups in total. The molecule has 64 heavy (non-hydrogen) atoms. The third-order valence-corrected chi connectivity index (χ3v) is 12.5. The van der Waals surface area contributed by atoms with Crippen LogP contribution >= 0.6 is 92.8 Å². The van der Waals surface area contributed by atoms with Crippen molar-refractivity contribution < 1.29 is 28.8 Å². The van der Waals surface area contributed by atoms with Crippen molar-refractivity contribution in [2.45, 2.75) is 39.8 Å². The Morgan fingerprint density at radius 2 is 0.781 bits per heavy atom. The average molecular weight is 1030 g/mol. The van der Waals surface area contributed by atoms with Crippen LogP contribution in [-0.4, -0.2) is 47.3 Å². The van der Waals surface area contributed by atoms with Gasteiger partial charge in [-0.25, -0.2) is 0 Å². The molecule has 0 aliphatic carbocycles. The summed E-state index contributed by atoms with van der Waals surface area (Å²) in [7, 11) is 0. The number of amides is 4. The lowest BCUT2D eigenvalue weighted by Gasteiger charge is -2.17. The van der Waals surface area contributed by atoms with Crippen molar-refractivity contribution in [2.75, 3.05) is 21.3 Å². The van der Waals surface area contributed by atoms with Crippen LogP contribution in [-0.2, 0) is 19.2 Å². The van der Waals surface area contributed by atoms with Gasteiger partial charge in [0.05, 0.1) is 62.7 Å². The summed E-state index contributed by atoms with van der Waals surface area (Å²) in [6.07, 6.45) is 0. The molecule has 0 aliphatic rings. The number of carbonyl (C=O) groups is 6. The maximum absolute atomic E-state index is 13.4. The number of hydrogen-bond donors (Lipinski definition) is 4. The first-order valence-electron chi connectivity index (χ1n) is 18.2. The van der Waals surface area contributed by atoms with E-state index in [1.165, 1.54) is 72.8 Å². The minimum atomic E-state index is -1.63. The molecular formula is C42H30Cl8N8O6. The van der Waals surface area contributed by atoms with Gasteiger partial charge in [0.1, 0.15) is 11.4 Å². The number of azo groups is 2. The largest absolute Gasteiger partial charge is 0.324 e. The molecule has 5 rings (SSSR count). The highest BCUT2D eigenvalue weighted by atomic mass is 35.5. The van der Waals surface area contributed by atoms with Gasteiger partial charge in [-0.05, 0) is 99.5 Å². The summed E-state index contributed by atoms with van der Waals surface area (Å²) < 4.78 is 0. The predicted octanol–water partition coefficient (Wildman–Crippen LogP) is 13.4. The van der Waals surface area contributed by atoms with Crippen molar-refractivity contribution in [3.63, 3.8) is 0 Å². The molecule has 5 aromatic rings. The number of anilines is 4. The van der Waals surface area contributed by atoms with Gasteiger partial charge in [0.25, 0.3) is 23.6 Å². The molecule has 0 radical (unpaired) electrons. The molecule has 0 fully saturated rings. The summed E-state index contributed by atoms with van der Waals surface area (Å²) in [5.41, 5.74) is 1.76. The molecule has 14 nitrogen and oxygen atoms in total. The first kappa shape index (κ1) is 49.8. The van der Waals surface area contributed by atoms with E-state index in [4.69, 9.17) is 92.8 Å². The molecule has 0 bridgehead atoms. The fraction of sp³-hybridized carbons (Fsp3) is 0.143. The number of rotatable bonds is 14. The van der Waals surface area contributed by atoms with Crippen LogP contribution in [0, 0.1) is 13.8 Å². The number of nitrogens with one attached hydrogen (secondary N) is 4. The molecule has 0 heterocycles. The summed E-state index contributed by atoms with van der Waals surface area (Å²) >= 11 is 49.6. The summed E-state index contributed by atoms with van der Waals surface area (Å²) in [6.45, 7) is 5.59. The molecule has 5 aromatic carbocycles. The second-order valence-corrected chi connectivity index (χ2v) is 16.6. The molecule has 0 saturated carbocycles. The van der Waals surface area contributed by atoms with Gasteiger partial charge in [0, 0.05) is 11.4 Å². The highest BCUT2D eigenvalue weighted by Crippen LogP contribution is 2.38. The zero-order chi connectivity index (χ0) is 47.2. The smallest absolute Gasteiger partial charge is 0.258 e. The number of carbonyl (C=O) groups excluding carboxylic acids is 6. The first-order valence-corrected chi connectivity index (χ1v) is 21.2. The van der Waals surface area contributed by atoms with Crippen LogP contribution in [0.2, 0.25) is 40.2 Å². The van der Waals surface area contributed by atoms with Crippen molar-refractivity contribution in [1.29, 1.82) is 0 Å². The van der Waals surface area contributed by atoms with E-state index in [0.717, 1.165) is 13.8 Å². The molecule has 2 unspecified atom stereocenters. The number of ketones is 2. The zero-order valence-corrected chi connectivity index (χ0v) is 39.4. The molecule has 0 saturated heterocycles. The second-order valence-electron chi connectivity index (χ2n) is 13.5. The molecule has 0 spiro atoms. The Balaban J connectivity index is 1.27. The Kier molecular flexibility index (Phi) is 16.9. The van der Waals surface area contributed by atoms with Crippen LogP contribution in [0.3, 0.4) is 0 Å². The number of benzene rings is 5. The maximum Gasteiger partial charge on any atom is 0.258 e. The second kappa shape index (κ2) is 21.7. The van der Waals surface area contributed by atoms with E-state index in [1.54, 1.807) is 13.8 Å². The predicted molar refractivity (Wildman–Crippen MR) is 253 cm³/mol. The van der Waals surface area contributed by atoms with Crippen LogP contribution in [0.25, 0.3) is 0 Å². The molecule has 330 valence electrons. The van der Waals surface area contributed by atoms with Crippen molar-refractivity contribution in [2.24, 2.45) is 20.5 Å². The summed E-state index contributed by atoms with van der Waals surface area (Å²) in [5.74, 6) is -4.34. The Morgan fingerprint density at radius 1 is 0.438 bits per heavy atom. The molecule has 4 amide bonds. The fourth-order valence-electron chi connectivity index (χ4n) is 5.54.